The molecule has 0 bridgehead atoms. The summed E-state index contributed by atoms with van der Waals surface area (Å²) in [6, 6.07) is 1.90. The Morgan fingerprint density at radius 2 is 2.00 bits per heavy atom. The van der Waals surface area contributed by atoms with Gasteiger partial charge in [-0.3, -0.25) is 9.59 Å². The minimum atomic E-state index is -1.08. The highest BCUT2D eigenvalue weighted by Crippen LogP contribution is 2.15. The lowest BCUT2D eigenvalue weighted by Crippen LogP contribution is -2.43. The topological polar surface area (TPSA) is 73.2 Å². The van der Waals surface area contributed by atoms with Gasteiger partial charge in [0.05, 0.1) is 12.6 Å². The first-order chi connectivity index (χ1) is 6.85. The number of likely N-dealkylation sites (N-methyl/N-ethyl adjacent to an activating group) is 2. The highest BCUT2D eigenvalue weighted by Gasteiger charge is 2.30. The van der Waals surface area contributed by atoms with E-state index in [1.54, 1.807) is 6.92 Å². The molecule has 0 aliphatic heterocycles. The Morgan fingerprint density at radius 1 is 1.47 bits per heavy atom. The summed E-state index contributed by atoms with van der Waals surface area (Å²) in [5, 5.41) is 11.3. The van der Waals surface area contributed by atoms with E-state index >= 15 is 0 Å². The van der Waals surface area contributed by atoms with Gasteiger partial charge in [0, 0.05) is 13.6 Å². The third-order valence-corrected chi connectivity index (χ3v) is 1.92. The number of nitrogens with zero attached hydrogens (tertiary/aromatic N) is 2. The van der Waals surface area contributed by atoms with Crippen LogP contribution in [0.5, 0.6) is 0 Å². The van der Waals surface area contributed by atoms with E-state index in [0.29, 0.717) is 6.54 Å². The van der Waals surface area contributed by atoms with Gasteiger partial charge in [-0.25, -0.2) is 0 Å². The van der Waals surface area contributed by atoms with Crippen molar-refractivity contribution in [3.8, 4) is 6.07 Å². The van der Waals surface area contributed by atoms with Gasteiger partial charge in [0.15, 0.2) is 0 Å². The molecule has 2 amide bonds. The maximum Gasteiger partial charge on any atom is 0.242 e. The molecule has 5 heteroatoms. The van der Waals surface area contributed by atoms with Crippen LogP contribution in [0.3, 0.4) is 0 Å². The predicted molar refractivity (Wildman–Crippen MR) is 55.7 cm³/mol. The fourth-order valence-electron chi connectivity index (χ4n) is 1.07. The molecule has 0 aliphatic rings. The summed E-state index contributed by atoms with van der Waals surface area (Å²) >= 11 is 0. The summed E-state index contributed by atoms with van der Waals surface area (Å²) in [5.41, 5.74) is -1.08. The molecule has 0 fully saturated rings. The normalized spacial score (nSPS) is 10.3. The third-order valence-electron chi connectivity index (χ3n) is 1.92. The Hall–Kier alpha value is -1.57. The van der Waals surface area contributed by atoms with Crippen LogP contribution < -0.4 is 5.32 Å². The Balaban J connectivity index is 4.36. The predicted octanol–water partition coefficient (Wildman–Crippen LogP) is 0.131. The lowest BCUT2D eigenvalue weighted by molar-refractivity contribution is -0.139. The van der Waals surface area contributed by atoms with Gasteiger partial charge in [0.1, 0.15) is 5.41 Å². The van der Waals surface area contributed by atoms with Crippen molar-refractivity contribution in [3.63, 3.8) is 0 Å². The molecule has 0 saturated heterocycles. The SMILES string of the molecule is CCNC(=O)CN(C)C(=O)C(C)(C)C#N. The molecule has 0 aliphatic carbocycles. The van der Waals surface area contributed by atoms with E-state index in [-0.39, 0.29) is 18.4 Å². The first kappa shape index (κ1) is 13.4. The van der Waals surface area contributed by atoms with Crippen molar-refractivity contribution < 1.29 is 9.59 Å². The van der Waals surface area contributed by atoms with Gasteiger partial charge in [0.25, 0.3) is 0 Å². The van der Waals surface area contributed by atoms with Gasteiger partial charge >= 0.3 is 0 Å². The molecule has 0 atom stereocenters. The van der Waals surface area contributed by atoms with Gasteiger partial charge in [-0.15, -0.1) is 0 Å². The van der Waals surface area contributed by atoms with Crippen molar-refractivity contribution in [2.45, 2.75) is 20.8 Å². The average molecular weight is 211 g/mol. The maximum atomic E-state index is 11.7. The zero-order valence-electron chi connectivity index (χ0n) is 9.63. The van der Waals surface area contributed by atoms with E-state index < -0.39 is 5.41 Å². The second-order valence-corrected chi connectivity index (χ2v) is 3.85. The minimum absolute atomic E-state index is 0.0161. The van der Waals surface area contributed by atoms with Crippen LogP contribution in [0, 0.1) is 16.7 Å². The van der Waals surface area contributed by atoms with Crippen molar-refractivity contribution in [1.29, 1.82) is 5.26 Å². The van der Waals surface area contributed by atoms with Gasteiger partial charge in [-0.2, -0.15) is 5.26 Å². The molecule has 0 aromatic carbocycles. The molecular formula is C10H17N3O2. The summed E-state index contributed by atoms with van der Waals surface area (Å²) in [6.45, 7) is 5.38. The fraction of sp³-hybridized carbons (Fsp3) is 0.700. The van der Waals surface area contributed by atoms with Gasteiger partial charge < -0.3 is 10.2 Å². The van der Waals surface area contributed by atoms with Crippen LogP contribution in [0.2, 0.25) is 0 Å². The zero-order valence-corrected chi connectivity index (χ0v) is 9.63. The summed E-state index contributed by atoms with van der Waals surface area (Å²) in [5.74, 6) is -0.571. The molecule has 0 saturated carbocycles. The van der Waals surface area contributed by atoms with E-state index in [2.05, 4.69) is 5.32 Å². The number of carbonyl (C=O) groups excluding carboxylic acids is 2. The summed E-state index contributed by atoms with van der Waals surface area (Å²) in [6.07, 6.45) is 0. The van der Waals surface area contributed by atoms with Gasteiger partial charge in [-0.05, 0) is 20.8 Å². The maximum absolute atomic E-state index is 11.7. The Morgan fingerprint density at radius 3 is 2.40 bits per heavy atom. The molecule has 0 rings (SSSR count). The molecule has 0 spiro atoms. The van der Waals surface area contributed by atoms with Crippen LogP contribution >= 0.6 is 0 Å². The van der Waals surface area contributed by atoms with Crippen LogP contribution in [-0.4, -0.2) is 36.9 Å². The highest BCUT2D eigenvalue weighted by molar-refractivity contribution is 5.88. The number of rotatable bonds is 4. The Bertz CT molecular complexity index is 292. The Labute approximate surface area is 90.0 Å². The van der Waals surface area contributed by atoms with E-state index in [0.717, 1.165) is 0 Å². The number of nitrogens with one attached hydrogen (secondary N) is 1. The quantitative estimate of drug-likeness (QED) is 0.718. The lowest BCUT2D eigenvalue weighted by Gasteiger charge is -2.23. The number of amides is 2. The molecule has 1 N–H and O–H groups in total. The largest absolute Gasteiger partial charge is 0.355 e. The molecule has 0 heterocycles. The average Bonchev–Trinajstić information content (AvgIpc) is 2.16. The number of hydrogen-bond donors (Lipinski definition) is 1. The first-order valence-electron chi connectivity index (χ1n) is 4.78. The van der Waals surface area contributed by atoms with E-state index in [1.807, 2.05) is 6.07 Å². The molecule has 0 radical (unpaired) electrons. The molecular weight excluding hydrogens is 194 g/mol. The minimum Gasteiger partial charge on any atom is -0.355 e. The highest BCUT2D eigenvalue weighted by atomic mass is 16.2. The van der Waals surface area contributed by atoms with Crippen LogP contribution in [-0.2, 0) is 9.59 Å². The van der Waals surface area contributed by atoms with E-state index in [1.165, 1.54) is 25.8 Å². The molecule has 0 aromatic heterocycles. The van der Waals surface area contributed by atoms with Crippen molar-refractivity contribution >= 4 is 11.8 Å². The monoisotopic (exact) mass is 211 g/mol. The fourth-order valence-corrected chi connectivity index (χ4v) is 1.07. The summed E-state index contributed by atoms with van der Waals surface area (Å²) in [7, 11) is 1.51. The smallest absolute Gasteiger partial charge is 0.242 e. The van der Waals surface area contributed by atoms with Crippen molar-refractivity contribution in [2.75, 3.05) is 20.1 Å². The van der Waals surface area contributed by atoms with Crippen LogP contribution in [0.25, 0.3) is 0 Å². The van der Waals surface area contributed by atoms with E-state index in [9.17, 15) is 9.59 Å². The zero-order chi connectivity index (χ0) is 12.1. The van der Waals surface area contributed by atoms with Crippen LogP contribution in [0.15, 0.2) is 0 Å². The van der Waals surface area contributed by atoms with Crippen molar-refractivity contribution in [2.24, 2.45) is 5.41 Å². The van der Waals surface area contributed by atoms with Crippen LogP contribution in [0.1, 0.15) is 20.8 Å². The third kappa shape index (κ3) is 3.98. The molecule has 84 valence electrons. The number of carbonyl (C=O) groups is 2. The molecule has 0 unspecified atom stereocenters. The second kappa shape index (κ2) is 5.35. The lowest BCUT2D eigenvalue weighted by atomic mass is 9.94. The summed E-state index contributed by atoms with van der Waals surface area (Å²) in [4.78, 5) is 24.1. The van der Waals surface area contributed by atoms with Crippen molar-refractivity contribution in [1.82, 2.24) is 10.2 Å². The number of nitriles is 1. The van der Waals surface area contributed by atoms with Gasteiger partial charge in [-0.1, -0.05) is 0 Å². The van der Waals surface area contributed by atoms with E-state index in [4.69, 9.17) is 5.26 Å². The summed E-state index contributed by atoms with van der Waals surface area (Å²) < 4.78 is 0. The van der Waals surface area contributed by atoms with Gasteiger partial charge in [0.2, 0.25) is 11.8 Å². The second-order valence-electron chi connectivity index (χ2n) is 3.85. The Kier molecular flexibility index (Phi) is 4.79. The van der Waals surface area contributed by atoms with Crippen molar-refractivity contribution in [3.05, 3.63) is 0 Å². The molecule has 15 heavy (non-hydrogen) atoms. The standard InChI is InChI=1S/C10H17N3O2/c1-5-12-8(14)6-13(4)9(15)10(2,3)7-11/h5-6H2,1-4H3,(H,12,14). The first-order valence-corrected chi connectivity index (χ1v) is 4.78. The van der Waals surface area contributed by atoms with Crippen LogP contribution in [0.4, 0.5) is 0 Å². The number of hydrogen-bond acceptors (Lipinski definition) is 3. The molecule has 5 nitrogen and oxygen atoms in total. The molecule has 0 aromatic rings.